The highest BCUT2D eigenvalue weighted by Crippen LogP contribution is 2.32. The average molecular weight is 250 g/mol. The standard InChI is InChI=1S/C14H22N2O2/c1-3-11(7-15-2)8-16-9-12-4-5-13-14(6-12)18-10-17-13/h4-6,11,15-16H,3,7-10H2,1-2H3. The lowest BCUT2D eigenvalue weighted by Crippen LogP contribution is -2.29. The molecule has 18 heavy (non-hydrogen) atoms. The van der Waals surface area contributed by atoms with E-state index in [1.807, 2.05) is 19.2 Å². The molecule has 0 radical (unpaired) electrons. The Labute approximate surface area is 109 Å². The number of nitrogens with one attached hydrogen (secondary N) is 2. The first-order valence-electron chi connectivity index (χ1n) is 6.57. The molecular formula is C14H22N2O2. The number of ether oxygens (including phenoxy) is 2. The molecule has 0 aromatic heterocycles. The molecule has 1 atom stereocenters. The van der Waals surface area contributed by atoms with Crippen molar-refractivity contribution in [1.29, 1.82) is 0 Å². The zero-order valence-electron chi connectivity index (χ0n) is 11.2. The number of fused-ring (bicyclic) bond motifs is 1. The molecule has 100 valence electrons. The van der Waals surface area contributed by atoms with Crippen molar-refractivity contribution < 1.29 is 9.47 Å². The van der Waals surface area contributed by atoms with Gasteiger partial charge in [0.1, 0.15) is 0 Å². The maximum Gasteiger partial charge on any atom is 0.231 e. The van der Waals surface area contributed by atoms with Gasteiger partial charge in [-0.25, -0.2) is 0 Å². The summed E-state index contributed by atoms with van der Waals surface area (Å²) in [6.45, 7) is 5.53. The number of benzene rings is 1. The monoisotopic (exact) mass is 250 g/mol. The lowest BCUT2D eigenvalue weighted by Gasteiger charge is -2.15. The van der Waals surface area contributed by atoms with E-state index in [0.29, 0.717) is 12.7 Å². The van der Waals surface area contributed by atoms with Crippen molar-refractivity contribution in [2.75, 3.05) is 26.9 Å². The molecule has 1 heterocycles. The lowest BCUT2D eigenvalue weighted by atomic mass is 10.1. The van der Waals surface area contributed by atoms with Gasteiger partial charge in [-0.1, -0.05) is 19.4 Å². The summed E-state index contributed by atoms with van der Waals surface area (Å²) < 4.78 is 10.7. The first-order chi connectivity index (χ1) is 8.83. The summed E-state index contributed by atoms with van der Waals surface area (Å²) in [4.78, 5) is 0. The molecule has 0 fully saturated rings. The minimum Gasteiger partial charge on any atom is -0.454 e. The van der Waals surface area contributed by atoms with Gasteiger partial charge in [-0.05, 0) is 43.8 Å². The lowest BCUT2D eigenvalue weighted by molar-refractivity contribution is 0.174. The molecule has 2 rings (SSSR count). The second-order valence-electron chi connectivity index (χ2n) is 4.65. The largest absolute Gasteiger partial charge is 0.454 e. The van der Waals surface area contributed by atoms with E-state index in [2.05, 4.69) is 23.6 Å². The normalized spacial score (nSPS) is 14.8. The highest BCUT2D eigenvalue weighted by atomic mass is 16.7. The Morgan fingerprint density at radius 2 is 2.06 bits per heavy atom. The topological polar surface area (TPSA) is 42.5 Å². The van der Waals surface area contributed by atoms with Crippen LogP contribution < -0.4 is 20.1 Å². The van der Waals surface area contributed by atoms with Crippen LogP contribution in [0.25, 0.3) is 0 Å². The van der Waals surface area contributed by atoms with Crippen LogP contribution in [0.2, 0.25) is 0 Å². The molecule has 1 unspecified atom stereocenters. The summed E-state index contributed by atoms with van der Waals surface area (Å²) in [5.41, 5.74) is 1.23. The Bertz CT molecular complexity index is 382. The second kappa shape index (κ2) is 6.61. The van der Waals surface area contributed by atoms with Crippen LogP contribution in [0.5, 0.6) is 11.5 Å². The minimum atomic E-state index is 0.340. The highest BCUT2D eigenvalue weighted by Gasteiger charge is 2.13. The first kappa shape index (κ1) is 13.2. The second-order valence-corrected chi connectivity index (χ2v) is 4.65. The van der Waals surface area contributed by atoms with Gasteiger partial charge in [-0.3, -0.25) is 0 Å². The van der Waals surface area contributed by atoms with E-state index in [9.17, 15) is 0 Å². The molecule has 0 amide bonds. The summed E-state index contributed by atoms with van der Waals surface area (Å²) in [5, 5.41) is 6.72. The third-order valence-corrected chi connectivity index (χ3v) is 3.27. The van der Waals surface area contributed by atoms with E-state index in [0.717, 1.165) is 31.1 Å². The van der Waals surface area contributed by atoms with E-state index in [1.54, 1.807) is 0 Å². The smallest absolute Gasteiger partial charge is 0.231 e. The van der Waals surface area contributed by atoms with E-state index in [1.165, 1.54) is 12.0 Å². The molecule has 0 aliphatic carbocycles. The fourth-order valence-electron chi connectivity index (χ4n) is 2.12. The number of hydrogen-bond acceptors (Lipinski definition) is 4. The zero-order chi connectivity index (χ0) is 12.8. The van der Waals surface area contributed by atoms with Gasteiger partial charge < -0.3 is 20.1 Å². The van der Waals surface area contributed by atoms with Gasteiger partial charge in [-0.15, -0.1) is 0 Å². The molecule has 1 aromatic carbocycles. The highest BCUT2D eigenvalue weighted by molar-refractivity contribution is 5.44. The Morgan fingerprint density at radius 3 is 2.83 bits per heavy atom. The van der Waals surface area contributed by atoms with Crippen LogP contribution in [-0.2, 0) is 6.54 Å². The third kappa shape index (κ3) is 3.37. The van der Waals surface area contributed by atoms with Gasteiger partial charge in [0.25, 0.3) is 0 Å². The van der Waals surface area contributed by atoms with Gasteiger partial charge in [0.2, 0.25) is 6.79 Å². The predicted octanol–water partition coefficient (Wildman–Crippen LogP) is 1.75. The summed E-state index contributed by atoms with van der Waals surface area (Å²) >= 11 is 0. The Morgan fingerprint density at radius 1 is 1.22 bits per heavy atom. The van der Waals surface area contributed by atoms with Crippen molar-refractivity contribution in [3.63, 3.8) is 0 Å². The van der Waals surface area contributed by atoms with Crippen molar-refractivity contribution in [3.8, 4) is 11.5 Å². The maximum absolute atomic E-state index is 5.37. The van der Waals surface area contributed by atoms with Crippen molar-refractivity contribution in [3.05, 3.63) is 23.8 Å². The van der Waals surface area contributed by atoms with E-state index < -0.39 is 0 Å². The quantitative estimate of drug-likeness (QED) is 0.773. The fraction of sp³-hybridized carbons (Fsp3) is 0.571. The number of hydrogen-bond donors (Lipinski definition) is 2. The third-order valence-electron chi connectivity index (χ3n) is 3.27. The van der Waals surface area contributed by atoms with Crippen LogP contribution in [0.1, 0.15) is 18.9 Å². The molecule has 1 aromatic rings. The van der Waals surface area contributed by atoms with Crippen LogP contribution in [0, 0.1) is 5.92 Å². The summed E-state index contributed by atoms with van der Waals surface area (Å²) in [5.74, 6) is 2.39. The first-order valence-corrected chi connectivity index (χ1v) is 6.57. The summed E-state index contributed by atoms with van der Waals surface area (Å²) in [7, 11) is 2.00. The SMILES string of the molecule is CCC(CNC)CNCc1ccc2c(c1)OCO2. The van der Waals surface area contributed by atoms with Crippen molar-refractivity contribution >= 4 is 0 Å². The zero-order valence-corrected chi connectivity index (χ0v) is 11.2. The van der Waals surface area contributed by atoms with Crippen LogP contribution in [-0.4, -0.2) is 26.9 Å². The molecule has 2 N–H and O–H groups in total. The van der Waals surface area contributed by atoms with E-state index in [4.69, 9.17) is 9.47 Å². The van der Waals surface area contributed by atoms with Crippen LogP contribution in [0.15, 0.2) is 18.2 Å². The number of rotatable bonds is 7. The van der Waals surface area contributed by atoms with Gasteiger partial charge in [0.05, 0.1) is 0 Å². The Balaban J connectivity index is 1.79. The van der Waals surface area contributed by atoms with Crippen molar-refractivity contribution in [2.45, 2.75) is 19.9 Å². The maximum atomic E-state index is 5.37. The fourth-order valence-corrected chi connectivity index (χ4v) is 2.12. The minimum absolute atomic E-state index is 0.340. The van der Waals surface area contributed by atoms with Crippen molar-refractivity contribution in [1.82, 2.24) is 10.6 Å². The molecule has 1 aliphatic heterocycles. The predicted molar refractivity (Wildman–Crippen MR) is 72.0 cm³/mol. The molecule has 1 aliphatic rings. The van der Waals surface area contributed by atoms with E-state index >= 15 is 0 Å². The molecule has 0 bridgehead atoms. The van der Waals surface area contributed by atoms with E-state index in [-0.39, 0.29) is 0 Å². The van der Waals surface area contributed by atoms with Gasteiger partial charge in [0.15, 0.2) is 11.5 Å². The van der Waals surface area contributed by atoms with Crippen molar-refractivity contribution in [2.24, 2.45) is 5.92 Å². The Hall–Kier alpha value is -1.26. The van der Waals surface area contributed by atoms with Crippen LogP contribution >= 0.6 is 0 Å². The van der Waals surface area contributed by atoms with Crippen LogP contribution in [0.3, 0.4) is 0 Å². The summed E-state index contributed by atoms with van der Waals surface area (Å²) in [6, 6.07) is 6.11. The average Bonchev–Trinajstić information content (AvgIpc) is 2.85. The molecule has 4 nitrogen and oxygen atoms in total. The van der Waals surface area contributed by atoms with Gasteiger partial charge >= 0.3 is 0 Å². The van der Waals surface area contributed by atoms with Crippen LogP contribution in [0.4, 0.5) is 0 Å². The molecule has 4 heteroatoms. The van der Waals surface area contributed by atoms with Gasteiger partial charge in [0, 0.05) is 6.54 Å². The molecule has 0 spiro atoms. The molecule has 0 saturated carbocycles. The Kier molecular flexibility index (Phi) is 4.84. The molecule has 0 saturated heterocycles. The summed E-state index contributed by atoms with van der Waals surface area (Å²) in [6.07, 6.45) is 1.19. The molecular weight excluding hydrogens is 228 g/mol. The van der Waals surface area contributed by atoms with Gasteiger partial charge in [-0.2, -0.15) is 0 Å².